The van der Waals surface area contributed by atoms with Gasteiger partial charge in [-0.1, -0.05) is 30.3 Å². The highest BCUT2D eigenvalue weighted by Crippen LogP contribution is 2.18. The van der Waals surface area contributed by atoms with E-state index in [4.69, 9.17) is 0 Å². The topological polar surface area (TPSA) is 77.1 Å². The van der Waals surface area contributed by atoms with Crippen LogP contribution in [-0.4, -0.2) is 25.3 Å². The van der Waals surface area contributed by atoms with Crippen molar-refractivity contribution in [2.75, 3.05) is 0 Å². The molecule has 0 aliphatic heterocycles. The molecular weight excluding hydrogens is 294 g/mol. The molecule has 118 valence electrons. The standard InChI is InChI=1S/C17H17N3O3/c1-4-19-11(3)18-17-14(19)16(22)13(10(2)20(17)23)15(21)12-8-6-5-7-9-12/h5-9,23H,4H2,1-3H3. The Labute approximate surface area is 132 Å². The maximum atomic E-state index is 12.9. The molecule has 0 unspecified atom stereocenters. The first-order valence-electron chi connectivity index (χ1n) is 7.38. The Morgan fingerprint density at radius 1 is 1.22 bits per heavy atom. The smallest absolute Gasteiger partial charge is 0.219 e. The van der Waals surface area contributed by atoms with Crippen molar-refractivity contribution in [1.29, 1.82) is 0 Å². The molecular formula is C17H17N3O3. The summed E-state index contributed by atoms with van der Waals surface area (Å²) in [6.45, 7) is 5.71. The molecule has 23 heavy (non-hydrogen) atoms. The Hall–Kier alpha value is -2.89. The predicted molar refractivity (Wildman–Crippen MR) is 86.2 cm³/mol. The highest BCUT2D eigenvalue weighted by molar-refractivity contribution is 6.10. The SMILES string of the molecule is CCn1c(C)nc2c1c(=O)c(C(=O)c1ccccc1)c(C)n2O. The van der Waals surface area contributed by atoms with E-state index in [0.717, 1.165) is 4.73 Å². The zero-order valence-electron chi connectivity index (χ0n) is 13.2. The highest BCUT2D eigenvalue weighted by atomic mass is 16.5. The largest absolute Gasteiger partial charge is 0.427 e. The second-order valence-electron chi connectivity index (χ2n) is 5.37. The highest BCUT2D eigenvalue weighted by Gasteiger charge is 2.24. The van der Waals surface area contributed by atoms with Gasteiger partial charge in [-0.15, -0.1) is 0 Å². The second kappa shape index (κ2) is 5.39. The Morgan fingerprint density at radius 3 is 2.48 bits per heavy atom. The van der Waals surface area contributed by atoms with Gasteiger partial charge in [0.25, 0.3) is 0 Å². The molecule has 1 N–H and O–H groups in total. The van der Waals surface area contributed by atoms with Gasteiger partial charge in [-0.25, -0.2) is 4.98 Å². The third kappa shape index (κ3) is 2.14. The monoisotopic (exact) mass is 311 g/mol. The fourth-order valence-corrected chi connectivity index (χ4v) is 2.86. The van der Waals surface area contributed by atoms with Crippen LogP contribution < -0.4 is 5.43 Å². The predicted octanol–water partition coefficient (Wildman–Crippen LogP) is 2.30. The lowest BCUT2D eigenvalue weighted by Crippen LogP contribution is -2.24. The summed E-state index contributed by atoms with van der Waals surface area (Å²) in [6, 6.07) is 8.57. The van der Waals surface area contributed by atoms with Crippen LogP contribution in [0, 0.1) is 13.8 Å². The number of ketones is 1. The average Bonchev–Trinajstić information content (AvgIpc) is 2.90. The molecule has 0 saturated heterocycles. The lowest BCUT2D eigenvalue weighted by atomic mass is 10.0. The fraction of sp³-hybridized carbons (Fsp3) is 0.235. The molecule has 3 aromatic rings. The molecule has 0 aliphatic rings. The fourth-order valence-electron chi connectivity index (χ4n) is 2.86. The van der Waals surface area contributed by atoms with E-state index in [1.807, 2.05) is 6.92 Å². The minimum Gasteiger partial charge on any atom is -0.427 e. The third-order valence-corrected chi connectivity index (χ3v) is 4.04. The van der Waals surface area contributed by atoms with Gasteiger partial charge in [0, 0.05) is 12.1 Å². The number of hydrogen-bond acceptors (Lipinski definition) is 4. The summed E-state index contributed by atoms with van der Waals surface area (Å²) < 4.78 is 2.53. The lowest BCUT2D eigenvalue weighted by molar-refractivity contribution is 0.103. The Balaban J connectivity index is 2.38. The van der Waals surface area contributed by atoms with Gasteiger partial charge in [0.05, 0.1) is 11.3 Å². The lowest BCUT2D eigenvalue weighted by Gasteiger charge is -2.10. The van der Waals surface area contributed by atoms with E-state index in [9.17, 15) is 14.8 Å². The molecule has 3 rings (SSSR count). The number of pyridine rings is 1. The molecule has 0 saturated carbocycles. The number of carbonyl (C=O) groups excluding carboxylic acids is 1. The normalized spacial score (nSPS) is 11.1. The van der Waals surface area contributed by atoms with Crippen LogP contribution in [0.3, 0.4) is 0 Å². The maximum Gasteiger partial charge on any atom is 0.219 e. The second-order valence-corrected chi connectivity index (χ2v) is 5.37. The van der Waals surface area contributed by atoms with Gasteiger partial charge in [-0.2, -0.15) is 4.73 Å². The average molecular weight is 311 g/mol. The molecule has 2 aromatic heterocycles. The molecule has 0 spiro atoms. The van der Waals surface area contributed by atoms with E-state index in [2.05, 4.69) is 4.98 Å². The minimum absolute atomic E-state index is 0.0270. The summed E-state index contributed by atoms with van der Waals surface area (Å²) in [7, 11) is 0. The quantitative estimate of drug-likeness (QED) is 0.595. The summed E-state index contributed by atoms with van der Waals surface area (Å²) in [6.07, 6.45) is 0. The maximum absolute atomic E-state index is 12.9. The van der Waals surface area contributed by atoms with Gasteiger partial charge in [0.15, 0.2) is 11.4 Å². The van der Waals surface area contributed by atoms with Crippen LogP contribution in [0.2, 0.25) is 0 Å². The van der Waals surface area contributed by atoms with Crippen LogP contribution in [0.15, 0.2) is 35.1 Å². The summed E-state index contributed by atoms with van der Waals surface area (Å²) in [4.78, 5) is 29.9. The van der Waals surface area contributed by atoms with Gasteiger partial charge in [0.1, 0.15) is 11.3 Å². The first-order valence-corrected chi connectivity index (χ1v) is 7.38. The van der Waals surface area contributed by atoms with Crippen molar-refractivity contribution in [3.05, 3.63) is 63.2 Å². The van der Waals surface area contributed by atoms with E-state index in [1.54, 1.807) is 41.8 Å². The molecule has 0 radical (unpaired) electrons. The van der Waals surface area contributed by atoms with E-state index >= 15 is 0 Å². The van der Waals surface area contributed by atoms with Crippen LogP contribution in [0.4, 0.5) is 0 Å². The van der Waals surface area contributed by atoms with Crippen molar-refractivity contribution in [2.24, 2.45) is 0 Å². The number of carbonyl (C=O) groups is 1. The number of aryl methyl sites for hydroxylation is 2. The van der Waals surface area contributed by atoms with E-state index < -0.39 is 11.2 Å². The summed E-state index contributed by atoms with van der Waals surface area (Å²) >= 11 is 0. The van der Waals surface area contributed by atoms with Crippen LogP contribution >= 0.6 is 0 Å². The van der Waals surface area contributed by atoms with Crippen LogP contribution in [0.5, 0.6) is 0 Å². The molecule has 6 nitrogen and oxygen atoms in total. The van der Waals surface area contributed by atoms with Crippen molar-refractivity contribution in [3.8, 4) is 0 Å². The van der Waals surface area contributed by atoms with Crippen LogP contribution in [0.1, 0.15) is 34.4 Å². The minimum atomic E-state index is -0.404. The van der Waals surface area contributed by atoms with Gasteiger partial charge in [-0.3, -0.25) is 9.59 Å². The first-order chi connectivity index (χ1) is 11.0. The van der Waals surface area contributed by atoms with E-state index in [-0.39, 0.29) is 22.4 Å². The Bertz CT molecular complexity index is 968. The van der Waals surface area contributed by atoms with Crippen LogP contribution in [-0.2, 0) is 6.54 Å². The van der Waals surface area contributed by atoms with Gasteiger partial charge >= 0.3 is 0 Å². The van der Waals surface area contributed by atoms with Crippen molar-refractivity contribution in [3.63, 3.8) is 0 Å². The van der Waals surface area contributed by atoms with Crippen molar-refractivity contribution in [2.45, 2.75) is 27.3 Å². The zero-order valence-corrected chi connectivity index (χ0v) is 13.2. The van der Waals surface area contributed by atoms with Crippen LogP contribution in [0.25, 0.3) is 11.2 Å². The molecule has 6 heteroatoms. The summed E-state index contributed by atoms with van der Waals surface area (Å²) in [5.74, 6) is 0.213. The Kier molecular flexibility index (Phi) is 3.52. The van der Waals surface area contributed by atoms with Crippen molar-refractivity contribution in [1.82, 2.24) is 14.3 Å². The number of nitrogens with zero attached hydrogens (tertiary/aromatic N) is 3. The molecule has 2 heterocycles. The van der Waals surface area contributed by atoms with Crippen molar-refractivity contribution < 1.29 is 10.0 Å². The molecule has 0 bridgehead atoms. The summed E-state index contributed by atoms with van der Waals surface area (Å²) in [5, 5.41) is 10.3. The number of rotatable bonds is 3. The van der Waals surface area contributed by atoms with Gasteiger partial charge in [-0.05, 0) is 20.8 Å². The van der Waals surface area contributed by atoms with Gasteiger partial charge < -0.3 is 9.77 Å². The molecule has 0 aliphatic carbocycles. The van der Waals surface area contributed by atoms with Gasteiger partial charge in [0.2, 0.25) is 5.43 Å². The number of fused-ring (bicyclic) bond motifs is 1. The zero-order chi connectivity index (χ0) is 16.7. The number of aromatic nitrogens is 3. The summed E-state index contributed by atoms with van der Waals surface area (Å²) in [5.41, 5.74) is 0.595. The molecule has 0 fully saturated rings. The molecule has 0 atom stereocenters. The molecule has 1 aromatic carbocycles. The van der Waals surface area contributed by atoms with E-state index in [1.165, 1.54) is 6.92 Å². The number of benzene rings is 1. The number of imidazole rings is 1. The molecule has 0 amide bonds. The van der Waals surface area contributed by atoms with Crippen molar-refractivity contribution >= 4 is 16.9 Å². The first kappa shape index (κ1) is 15.0. The third-order valence-electron chi connectivity index (χ3n) is 4.04. The van der Waals surface area contributed by atoms with E-state index in [0.29, 0.717) is 17.9 Å². The number of hydrogen-bond donors (Lipinski definition) is 1. The Morgan fingerprint density at radius 2 is 1.87 bits per heavy atom.